The molecule has 0 aliphatic carbocycles. The van der Waals surface area contributed by atoms with Gasteiger partial charge in [0.1, 0.15) is 9.84 Å². The maximum atomic E-state index is 11.8. The van der Waals surface area contributed by atoms with Crippen LogP contribution < -0.4 is 5.73 Å². The van der Waals surface area contributed by atoms with Crippen LogP contribution in [0.4, 0.5) is 13.2 Å². The van der Waals surface area contributed by atoms with Gasteiger partial charge in [-0.3, -0.25) is 4.79 Å². The summed E-state index contributed by atoms with van der Waals surface area (Å²) in [6, 6.07) is 0. The second-order valence-corrected chi connectivity index (χ2v) is 6.31. The summed E-state index contributed by atoms with van der Waals surface area (Å²) < 4.78 is 62.9. The molecule has 0 aliphatic rings. The molecule has 9 heteroatoms. The first-order chi connectivity index (χ1) is 8.66. The van der Waals surface area contributed by atoms with Gasteiger partial charge in [0, 0.05) is 6.42 Å². The molecule has 0 atom stereocenters. The highest BCUT2D eigenvalue weighted by molar-refractivity contribution is 7.91. The maximum absolute atomic E-state index is 11.8. The number of sulfone groups is 1. The van der Waals surface area contributed by atoms with Crippen molar-refractivity contribution < 1.29 is 31.1 Å². The van der Waals surface area contributed by atoms with Crippen LogP contribution in [0, 0.1) is 0 Å². The molecule has 0 saturated heterocycles. The fourth-order valence-corrected chi connectivity index (χ4v) is 2.70. The van der Waals surface area contributed by atoms with Gasteiger partial charge in [-0.1, -0.05) is 0 Å². The molecule has 0 amide bonds. The smallest absolute Gasteiger partial charge is 0.389 e. The molecule has 19 heavy (non-hydrogen) atoms. The minimum absolute atomic E-state index is 0.0636. The number of nitrogens with two attached hydrogens (primary N) is 1. The molecule has 2 N–H and O–H groups in total. The number of ether oxygens (including phenoxy) is 1. The zero-order chi connectivity index (χ0) is 14.9. The Morgan fingerprint density at radius 2 is 1.68 bits per heavy atom. The Kier molecular flexibility index (Phi) is 8.00. The molecule has 0 aromatic rings. The zero-order valence-electron chi connectivity index (χ0n) is 10.4. The summed E-state index contributed by atoms with van der Waals surface area (Å²) in [5.41, 5.74) is 4.98. The van der Waals surface area contributed by atoms with Crippen molar-refractivity contribution in [3.05, 3.63) is 0 Å². The van der Waals surface area contributed by atoms with Gasteiger partial charge in [-0.25, -0.2) is 8.42 Å². The number of alkyl halides is 3. The average molecular weight is 305 g/mol. The van der Waals surface area contributed by atoms with Crippen LogP contribution in [0.15, 0.2) is 0 Å². The Hall–Kier alpha value is -0.830. The van der Waals surface area contributed by atoms with Crippen molar-refractivity contribution in [1.29, 1.82) is 0 Å². The van der Waals surface area contributed by atoms with E-state index in [0.29, 0.717) is 6.42 Å². The highest BCUT2D eigenvalue weighted by atomic mass is 32.2. The molecule has 5 nitrogen and oxygen atoms in total. The summed E-state index contributed by atoms with van der Waals surface area (Å²) in [6.07, 6.45) is -5.27. The number of hydrogen-bond donors (Lipinski definition) is 1. The van der Waals surface area contributed by atoms with Gasteiger partial charge in [-0.2, -0.15) is 13.2 Å². The summed E-state index contributed by atoms with van der Waals surface area (Å²) >= 11 is 0. The van der Waals surface area contributed by atoms with Crippen LogP contribution >= 0.6 is 0 Å². The van der Waals surface area contributed by atoms with Gasteiger partial charge in [-0.05, 0) is 19.3 Å². The van der Waals surface area contributed by atoms with Crippen molar-refractivity contribution in [2.24, 2.45) is 5.73 Å². The first kappa shape index (κ1) is 18.2. The third-order valence-electron chi connectivity index (χ3n) is 2.19. The third-order valence-corrected chi connectivity index (χ3v) is 4.02. The van der Waals surface area contributed by atoms with E-state index >= 15 is 0 Å². The van der Waals surface area contributed by atoms with Crippen molar-refractivity contribution in [2.75, 3.05) is 24.7 Å². The van der Waals surface area contributed by atoms with Crippen LogP contribution in [0.5, 0.6) is 0 Å². The summed E-state index contributed by atoms with van der Waals surface area (Å²) in [7, 11) is -3.48. The molecular formula is C10H18F3NO4S. The standard InChI is InChI=1S/C10H18F3NO4S/c11-10(12,13)4-3-7-19(16,17)6-2-1-5-18-9(15)8-14/h1-8,14H2. The van der Waals surface area contributed by atoms with Crippen molar-refractivity contribution in [3.8, 4) is 0 Å². The second kappa shape index (κ2) is 8.36. The fraction of sp³-hybridized carbons (Fsp3) is 0.900. The van der Waals surface area contributed by atoms with Gasteiger partial charge in [0.25, 0.3) is 0 Å². The van der Waals surface area contributed by atoms with E-state index in [1.54, 1.807) is 0 Å². The molecule has 0 heterocycles. The number of hydrogen-bond acceptors (Lipinski definition) is 5. The molecule has 0 aromatic carbocycles. The number of unbranched alkanes of at least 4 members (excludes halogenated alkanes) is 1. The van der Waals surface area contributed by atoms with E-state index in [0.717, 1.165) is 0 Å². The van der Waals surface area contributed by atoms with Gasteiger partial charge >= 0.3 is 12.1 Å². The molecule has 0 rings (SSSR count). The molecule has 0 radical (unpaired) electrons. The Labute approximate surface area is 110 Å². The van der Waals surface area contributed by atoms with Crippen molar-refractivity contribution >= 4 is 15.8 Å². The highest BCUT2D eigenvalue weighted by Crippen LogP contribution is 2.21. The maximum Gasteiger partial charge on any atom is 0.389 e. The summed E-state index contributed by atoms with van der Waals surface area (Å²) in [6.45, 7) is -0.177. The van der Waals surface area contributed by atoms with Gasteiger partial charge in [-0.15, -0.1) is 0 Å². The van der Waals surface area contributed by atoms with Gasteiger partial charge in [0.05, 0.1) is 24.7 Å². The SMILES string of the molecule is NCC(=O)OCCCCS(=O)(=O)CCCC(F)(F)F. The molecular weight excluding hydrogens is 287 g/mol. The Morgan fingerprint density at radius 3 is 2.21 bits per heavy atom. The van der Waals surface area contributed by atoms with E-state index in [1.807, 2.05) is 0 Å². The van der Waals surface area contributed by atoms with Crippen molar-refractivity contribution in [2.45, 2.75) is 31.9 Å². The lowest BCUT2D eigenvalue weighted by Crippen LogP contribution is -2.18. The van der Waals surface area contributed by atoms with Crippen LogP contribution in [0.1, 0.15) is 25.7 Å². The zero-order valence-corrected chi connectivity index (χ0v) is 11.2. The number of carbonyl (C=O) groups is 1. The van der Waals surface area contributed by atoms with Crippen LogP contribution in [0.2, 0.25) is 0 Å². The van der Waals surface area contributed by atoms with Crippen LogP contribution in [-0.2, 0) is 19.4 Å². The topological polar surface area (TPSA) is 86.5 Å². The third kappa shape index (κ3) is 12.0. The molecule has 0 spiro atoms. The van der Waals surface area contributed by atoms with Gasteiger partial charge in [0.15, 0.2) is 0 Å². The molecule has 0 saturated carbocycles. The first-order valence-corrected chi connectivity index (χ1v) is 7.61. The Morgan fingerprint density at radius 1 is 1.11 bits per heavy atom. The van der Waals surface area contributed by atoms with Crippen molar-refractivity contribution in [1.82, 2.24) is 0 Å². The van der Waals surface area contributed by atoms with E-state index in [4.69, 9.17) is 5.73 Å². The minimum atomic E-state index is -4.33. The van der Waals surface area contributed by atoms with Crippen LogP contribution in [0.25, 0.3) is 0 Å². The van der Waals surface area contributed by atoms with Crippen LogP contribution in [-0.4, -0.2) is 45.2 Å². The Balaban J connectivity index is 3.71. The lowest BCUT2D eigenvalue weighted by Gasteiger charge is -2.07. The van der Waals surface area contributed by atoms with Crippen LogP contribution in [0.3, 0.4) is 0 Å². The second-order valence-electron chi connectivity index (χ2n) is 4.00. The largest absolute Gasteiger partial charge is 0.465 e. The van der Waals surface area contributed by atoms with E-state index in [9.17, 15) is 26.4 Å². The van der Waals surface area contributed by atoms with E-state index in [-0.39, 0.29) is 25.3 Å². The highest BCUT2D eigenvalue weighted by Gasteiger charge is 2.27. The predicted octanol–water partition coefficient (Wildman–Crippen LogP) is 1.03. The predicted molar refractivity (Wildman–Crippen MR) is 63.2 cm³/mol. The molecule has 0 aromatic heterocycles. The summed E-state index contributed by atoms with van der Waals surface area (Å²) in [4.78, 5) is 10.6. The molecule has 0 bridgehead atoms. The quantitative estimate of drug-likeness (QED) is 0.508. The molecule has 0 aliphatic heterocycles. The lowest BCUT2D eigenvalue weighted by molar-refractivity contribution is -0.142. The monoisotopic (exact) mass is 305 g/mol. The average Bonchev–Trinajstić information content (AvgIpc) is 2.25. The summed E-state index contributed by atoms with van der Waals surface area (Å²) in [5.74, 6) is -1.26. The lowest BCUT2D eigenvalue weighted by atomic mass is 10.3. The van der Waals surface area contributed by atoms with E-state index < -0.39 is 40.6 Å². The first-order valence-electron chi connectivity index (χ1n) is 5.79. The van der Waals surface area contributed by atoms with Gasteiger partial charge in [0.2, 0.25) is 0 Å². The number of carbonyl (C=O) groups excluding carboxylic acids is 1. The Bertz CT molecular complexity index is 367. The normalized spacial score (nSPS) is 12.4. The molecule has 0 fully saturated rings. The number of rotatable bonds is 9. The summed E-state index contributed by atoms with van der Waals surface area (Å²) in [5, 5.41) is 0. The number of esters is 1. The minimum Gasteiger partial charge on any atom is -0.465 e. The molecule has 0 unspecified atom stereocenters. The number of halogens is 3. The van der Waals surface area contributed by atoms with Crippen molar-refractivity contribution in [3.63, 3.8) is 0 Å². The van der Waals surface area contributed by atoms with E-state index in [2.05, 4.69) is 4.74 Å². The fourth-order valence-electron chi connectivity index (χ4n) is 1.26. The molecule has 114 valence electrons. The van der Waals surface area contributed by atoms with E-state index in [1.165, 1.54) is 0 Å². The van der Waals surface area contributed by atoms with Gasteiger partial charge < -0.3 is 10.5 Å².